The molecule has 0 fully saturated rings. The van der Waals surface area contributed by atoms with Gasteiger partial charge in [0.25, 0.3) is 5.69 Å². The number of hydrogen-bond acceptors (Lipinski definition) is 5. The Morgan fingerprint density at radius 1 is 1.58 bits per heavy atom. The molecule has 0 aromatic heterocycles. The zero-order valence-corrected chi connectivity index (χ0v) is 10.8. The van der Waals surface area contributed by atoms with Crippen LogP contribution in [0.25, 0.3) is 0 Å². The van der Waals surface area contributed by atoms with Crippen molar-refractivity contribution < 1.29 is 19.6 Å². The second-order valence-electron chi connectivity index (χ2n) is 3.97. The zero-order valence-electron chi connectivity index (χ0n) is 10.8. The van der Waals surface area contributed by atoms with E-state index in [4.69, 9.17) is 9.84 Å². The van der Waals surface area contributed by atoms with Crippen LogP contribution in [0.1, 0.15) is 12.5 Å². The highest BCUT2D eigenvalue weighted by molar-refractivity contribution is 5.73. The Labute approximate surface area is 110 Å². The van der Waals surface area contributed by atoms with Crippen LogP contribution in [0.4, 0.5) is 5.69 Å². The number of non-ortho nitro benzene ring substituents is 1. The Morgan fingerprint density at radius 3 is 2.79 bits per heavy atom. The van der Waals surface area contributed by atoms with Gasteiger partial charge in [-0.15, -0.1) is 0 Å². The summed E-state index contributed by atoms with van der Waals surface area (Å²) >= 11 is 0. The number of ether oxygens (including phenoxy) is 1. The molecule has 104 valence electrons. The Hall–Kier alpha value is -2.15. The summed E-state index contributed by atoms with van der Waals surface area (Å²) in [4.78, 5) is 21.1. The van der Waals surface area contributed by atoms with Gasteiger partial charge < -0.3 is 15.2 Å². The number of hydrogen-bond donors (Lipinski definition) is 2. The first-order chi connectivity index (χ1) is 8.95. The van der Waals surface area contributed by atoms with Crippen LogP contribution in [0.2, 0.25) is 0 Å². The van der Waals surface area contributed by atoms with E-state index in [0.717, 1.165) is 0 Å². The summed E-state index contributed by atoms with van der Waals surface area (Å²) < 4.78 is 5.36. The lowest BCUT2D eigenvalue weighted by atomic mass is 10.2. The highest BCUT2D eigenvalue weighted by atomic mass is 16.6. The van der Waals surface area contributed by atoms with Gasteiger partial charge in [0.15, 0.2) is 0 Å². The number of aryl methyl sites for hydroxylation is 1. The molecule has 0 heterocycles. The standard InChI is InChI=1S/C12H16N2O5/c1-3-13-10(12(15)16)7-19-11-6-9(14(17)18)5-4-8(11)2/h4-6,10,13H,3,7H2,1-2H3,(H,15,16). The summed E-state index contributed by atoms with van der Waals surface area (Å²) in [6, 6.07) is 3.39. The van der Waals surface area contributed by atoms with Gasteiger partial charge in [-0.05, 0) is 25.1 Å². The third kappa shape index (κ3) is 4.22. The van der Waals surface area contributed by atoms with Crippen LogP contribution in [0.15, 0.2) is 18.2 Å². The summed E-state index contributed by atoms with van der Waals surface area (Å²) in [5.74, 6) is -0.705. The molecular formula is C12H16N2O5. The molecule has 1 atom stereocenters. The summed E-state index contributed by atoms with van der Waals surface area (Å²) in [6.45, 7) is 3.93. The van der Waals surface area contributed by atoms with Gasteiger partial charge in [-0.25, -0.2) is 0 Å². The van der Waals surface area contributed by atoms with Crippen LogP contribution in [0, 0.1) is 17.0 Å². The SMILES string of the molecule is CCNC(COc1cc([N+](=O)[O-])ccc1C)C(=O)O. The van der Waals surface area contributed by atoms with Crippen LogP contribution in [-0.4, -0.2) is 35.2 Å². The van der Waals surface area contributed by atoms with Gasteiger partial charge in [-0.1, -0.05) is 6.92 Å². The Kier molecular flexibility index (Phi) is 5.25. The topological polar surface area (TPSA) is 102 Å². The summed E-state index contributed by atoms with van der Waals surface area (Å²) in [6.07, 6.45) is 0. The number of carboxylic acid groups (broad SMARTS) is 1. The molecule has 0 spiro atoms. The van der Waals surface area contributed by atoms with Crippen LogP contribution in [0.5, 0.6) is 5.75 Å². The van der Waals surface area contributed by atoms with Crippen molar-refractivity contribution >= 4 is 11.7 Å². The van der Waals surface area contributed by atoms with Crippen molar-refractivity contribution in [3.63, 3.8) is 0 Å². The summed E-state index contributed by atoms with van der Waals surface area (Å²) in [5.41, 5.74) is 0.627. The number of nitrogens with one attached hydrogen (secondary N) is 1. The number of likely N-dealkylation sites (N-methyl/N-ethyl adjacent to an activating group) is 1. The molecular weight excluding hydrogens is 252 g/mol. The number of rotatable bonds is 7. The maximum Gasteiger partial charge on any atom is 0.324 e. The van der Waals surface area contributed by atoms with E-state index in [1.165, 1.54) is 12.1 Å². The second-order valence-corrected chi connectivity index (χ2v) is 3.97. The molecule has 1 unspecified atom stereocenters. The van der Waals surface area contributed by atoms with Crippen molar-refractivity contribution in [1.29, 1.82) is 0 Å². The highest BCUT2D eigenvalue weighted by Gasteiger charge is 2.18. The van der Waals surface area contributed by atoms with Gasteiger partial charge in [0, 0.05) is 6.07 Å². The number of nitro benzene ring substituents is 1. The number of nitrogens with zero attached hydrogens (tertiary/aromatic N) is 1. The summed E-state index contributed by atoms with van der Waals surface area (Å²) in [5, 5.41) is 22.4. The number of carboxylic acids is 1. The van der Waals surface area contributed by atoms with E-state index >= 15 is 0 Å². The lowest BCUT2D eigenvalue weighted by molar-refractivity contribution is -0.384. The first-order valence-electron chi connectivity index (χ1n) is 5.79. The third-order valence-electron chi connectivity index (χ3n) is 2.54. The van der Waals surface area contributed by atoms with E-state index in [-0.39, 0.29) is 12.3 Å². The van der Waals surface area contributed by atoms with Gasteiger partial charge in [0.05, 0.1) is 11.0 Å². The first-order valence-corrected chi connectivity index (χ1v) is 5.79. The zero-order chi connectivity index (χ0) is 14.4. The number of aliphatic carboxylic acids is 1. The molecule has 1 aromatic carbocycles. The van der Waals surface area contributed by atoms with Gasteiger partial charge in [0.1, 0.15) is 18.4 Å². The summed E-state index contributed by atoms with van der Waals surface area (Å²) in [7, 11) is 0. The quantitative estimate of drug-likeness (QED) is 0.571. The molecule has 0 radical (unpaired) electrons. The van der Waals surface area contributed by atoms with E-state index in [1.54, 1.807) is 19.9 Å². The predicted octanol–water partition coefficient (Wildman–Crippen LogP) is 1.34. The smallest absolute Gasteiger partial charge is 0.324 e. The predicted molar refractivity (Wildman–Crippen MR) is 68.4 cm³/mol. The van der Waals surface area contributed by atoms with Crippen molar-refractivity contribution in [1.82, 2.24) is 5.32 Å². The fourth-order valence-corrected chi connectivity index (χ4v) is 1.49. The largest absolute Gasteiger partial charge is 0.491 e. The molecule has 0 saturated carbocycles. The maximum atomic E-state index is 10.9. The van der Waals surface area contributed by atoms with Crippen LogP contribution >= 0.6 is 0 Å². The second kappa shape index (κ2) is 6.69. The fourth-order valence-electron chi connectivity index (χ4n) is 1.49. The van der Waals surface area contributed by atoms with E-state index in [2.05, 4.69) is 5.32 Å². The molecule has 2 N–H and O–H groups in total. The van der Waals surface area contributed by atoms with Gasteiger partial charge in [-0.3, -0.25) is 14.9 Å². The van der Waals surface area contributed by atoms with Crippen LogP contribution < -0.4 is 10.1 Å². The number of carbonyl (C=O) groups is 1. The molecule has 19 heavy (non-hydrogen) atoms. The average Bonchev–Trinajstić information content (AvgIpc) is 2.35. The number of benzene rings is 1. The molecule has 1 rings (SSSR count). The Balaban J connectivity index is 2.78. The molecule has 0 bridgehead atoms. The van der Waals surface area contributed by atoms with Gasteiger partial charge in [0.2, 0.25) is 0 Å². The number of nitro groups is 1. The minimum absolute atomic E-state index is 0.0871. The maximum absolute atomic E-state index is 10.9. The lowest BCUT2D eigenvalue weighted by Gasteiger charge is -2.15. The Morgan fingerprint density at radius 2 is 2.26 bits per heavy atom. The highest BCUT2D eigenvalue weighted by Crippen LogP contribution is 2.24. The van der Waals surface area contributed by atoms with Crippen LogP contribution in [0.3, 0.4) is 0 Å². The van der Waals surface area contributed by atoms with E-state index in [1.807, 2.05) is 0 Å². The molecule has 0 aliphatic carbocycles. The van der Waals surface area contributed by atoms with Crippen molar-refractivity contribution in [3.8, 4) is 5.75 Å². The molecule has 0 amide bonds. The van der Waals surface area contributed by atoms with E-state index in [0.29, 0.717) is 17.9 Å². The van der Waals surface area contributed by atoms with Crippen LogP contribution in [-0.2, 0) is 4.79 Å². The molecule has 0 aliphatic heterocycles. The van der Waals surface area contributed by atoms with Crippen molar-refractivity contribution in [2.24, 2.45) is 0 Å². The average molecular weight is 268 g/mol. The van der Waals surface area contributed by atoms with Gasteiger partial charge in [-0.2, -0.15) is 0 Å². The molecule has 1 aromatic rings. The van der Waals surface area contributed by atoms with E-state index < -0.39 is 16.9 Å². The van der Waals surface area contributed by atoms with Crippen molar-refractivity contribution in [2.45, 2.75) is 19.9 Å². The van der Waals surface area contributed by atoms with Crippen molar-refractivity contribution in [3.05, 3.63) is 33.9 Å². The normalized spacial score (nSPS) is 11.9. The third-order valence-corrected chi connectivity index (χ3v) is 2.54. The van der Waals surface area contributed by atoms with Gasteiger partial charge >= 0.3 is 5.97 Å². The fraction of sp³-hybridized carbons (Fsp3) is 0.417. The van der Waals surface area contributed by atoms with E-state index in [9.17, 15) is 14.9 Å². The molecule has 0 saturated heterocycles. The molecule has 7 nitrogen and oxygen atoms in total. The Bertz CT molecular complexity index is 475. The minimum Gasteiger partial charge on any atom is -0.491 e. The monoisotopic (exact) mass is 268 g/mol. The lowest BCUT2D eigenvalue weighted by Crippen LogP contribution is -2.41. The minimum atomic E-state index is -1.02. The van der Waals surface area contributed by atoms with Crippen molar-refractivity contribution in [2.75, 3.05) is 13.2 Å². The first kappa shape index (κ1) is 14.9. The molecule has 0 aliphatic rings. The molecule has 7 heteroatoms.